The van der Waals surface area contributed by atoms with Gasteiger partial charge in [0.05, 0.1) is 12.0 Å². The highest BCUT2D eigenvalue weighted by atomic mass is 35.5. The van der Waals surface area contributed by atoms with E-state index in [1.54, 1.807) is 0 Å². The van der Waals surface area contributed by atoms with Gasteiger partial charge in [0, 0.05) is 15.6 Å². The average molecular weight is 483 g/mol. The third kappa shape index (κ3) is 4.21. The van der Waals surface area contributed by atoms with Gasteiger partial charge in [0.1, 0.15) is 5.58 Å². The number of benzene rings is 2. The lowest BCUT2D eigenvalue weighted by Gasteiger charge is -2.09. The highest BCUT2D eigenvalue weighted by molar-refractivity contribution is 7.88. The molecule has 0 aliphatic heterocycles. The molecule has 2 aromatic carbocycles. The molecule has 0 spiro atoms. The number of hydrogen-bond acceptors (Lipinski definition) is 6. The van der Waals surface area contributed by atoms with Crippen molar-refractivity contribution in [3.8, 4) is 16.9 Å². The highest BCUT2D eigenvalue weighted by Crippen LogP contribution is 2.42. The van der Waals surface area contributed by atoms with Crippen LogP contribution in [0.2, 0.25) is 10.0 Å². The van der Waals surface area contributed by atoms with Crippen LogP contribution in [0.1, 0.15) is 17.5 Å². The Balaban J connectivity index is 2.29. The van der Waals surface area contributed by atoms with Gasteiger partial charge in [-0.15, -0.1) is 0 Å². The van der Waals surface area contributed by atoms with Crippen molar-refractivity contribution in [3.63, 3.8) is 0 Å². The van der Waals surface area contributed by atoms with E-state index in [1.165, 1.54) is 43.3 Å². The van der Waals surface area contributed by atoms with E-state index < -0.39 is 33.1 Å². The summed E-state index contributed by atoms with van der Waals surface area (Å²) in [6.07, 6.45) is 0. The van der Waals surface area contributed by atoms with Crippen LogP contribution in [-0.2, 0) is 14.9 Å². The number of para-hydroxylation sites is 1. The number of alkyl halides is 3. The fraction of sp³-hybridized carbons (Fsp3) is 0.167. The molecule has 1 aromatic heterocycles. The van der Waals surface area contributed by atoms with Crippen molar-refractivity contribution in [2.75, 3.05) is 6.61 Å². The van der Waals surface area contributed by atoms with E-state index in [9.17, 15) is 26.4 Å². The molecule has 0 fully saturated rings. The Labute approximate surface area is 178 Å². The Morgan fingerprint density at radius 1 is 1.13 bits per heavy atom. The van der Waals surface area contributed by atoms with Crippen LogP contribution in [-0.4, -0.2) is 26.5 Å². The van der Waals surface area contributed by atoms with Crippen LogP contribution in [0.4, 0.5) is 13.2 Å². The number of carbonyl (C=O) groups is 1. The van der Waals surface area contributed by atoms with Crippen molar-refractivity contribution in [1.82, 2.24) is 0 Å². The summed E-state index contributed by atoms with van der Waals surface area (Å²) in [7, 11) is -6.08. The van der Waals surface area contributed by atoms with Gasteiger partial charge in [-0.1, -0.05) is 35.3 Å². The van der Waals surface area contributed by atoms with Crippen molar-refractivity contribution in [3.05, 3.63) is 52.2 Å². The van der Waals surface area contributed by atoms with Gasteiger partial charge in [-0.25, -0.2) is 4.79 Å². The summed E-state index contributed by atoms with van der Waals surface area (Å²) in [4.78, 5) is 12.2. The fourth-order valence-corrected chi connectivity index (χ4v) is 3.61. The third-order valence-electron chi connectivity index (χ3n) is 3.78. The zero-order valence-corrected chi connectivity index (χ0v) is 17.2. The highest BCUT2D eigenvalue weighted by Gasteiger charge is 2.49. The SMILES string of the molecule is CCOC(=O)c1oc2c(-c3cc(Cl)cc(Cl)c3)cccc2c1OS(=O)(=O)C(F)(F)F. The molecule has 0 aliphatic carbocycles. The Morgan fingerprint density at radius 3 is 2.33 bits per heavy atom. The van der Waals surface area contributed by atoms with Crippen LogP contribution in [0.3, 0.4) is 0 Å². The van der Waals surface area contributed by atoms with E-state index in [1.807, 2.05) is 0 Å². The number of hydrogen-bond donors (Lipinski definition) is 0. The Morgan fingerprint density at radius 2 is 1.77 bits per heavy atom. The first-order valence-electron chi connectivity index (χ1n) is 8.14. The third-order valence-corrected chi connectivity index (χ3v) is 5.17. The van der Waals surface area contributed by atoms with E-state index in [0.717, 1.165) is 0 Å². The molecule has 0 saturated heterocycles. The van der Waals surface area contributed by atoms with Gasteiger partial charge < -0.3 is 13.3 Å². The number of halogens is 5. The number of ether oxygens (including phenoxy) is 1. The molecule has 1 heterocycles. The summed E-state index contributed by atoms with van der Waals surface area (Å²) in [5, 5.41) is 0.338. The normalized spacial score (nSPS) is 12.2. The van der Waals surface area contributed by atoms with E-state index in [-0.39, 0.29) is 33.2 Å². The molecule has 3 rings (SSSR count). The predicted molar refractivity (Wildman–Crippen MR) is 103 cm³/mol. The smallest absolute Gasteiger partial charge is 0.460 e. The standard InChI is InChI=1S/C18H11Cl2F3O6S/c1-2-27-17(24)16-15(29-30(25,26)18(21,22)23)13-5-3-4-12(14(13)28-16)9-6-10(19)8-11(20)7-9/h3-8H,2H2,1H3. The van der Waals surface area contributed by atoms with Crippen LogP contribution in [0.5, 0.6) is 5.75 Å². The monoisotopic (exact) mass is 482 g/mol. The Kier molecular flexibility index (Phi) is 5.94. The molecule has 0 atom stereocenters. The lowest BCUT2D eigenvalue weighted by molar-refractivity contribution is -0.0500. The first kappa shape index (κ1) is 22.3. The quantitative estimate of drug-likeness (QED) is 0.259. The summed E-state index contributed by atoms with van der Waals surface area (Å²) in [5.74, 6) is -2.97. The molecule has 0 saturated carbocycles. The maximum atomic E-state index is 12.9. The summed E-state index contributed by atoms with van der Waals surface area (Å²) in [5.41, 5.74) is -5.15. The lowest BCUT2D eigenvalue weighted by atomic mass is 10.0. The van der Waals surface area contributed by atoms with Crippen molar-refractivity contribution < 1.29 is 39.7 Å². The summed E-state index contributed by atoms with van der Waals surface area (Å²) in [6.45, 7) is 1.31. The lowest BCUT2D eigenvalue weighted by Crippen LogP contribution is -2.28. The van der Waals surface area contributed by atoms with Gasteiger partial charge in [0.15, 0.2) is 0 Å². The van der Waals surface area contributed by atoms with Gasteiger partial charge in [-0.3, -0.25) is 0 Å². The molecule has 0 radical (unpaired) electrons. The summed E-state index contributed by atoms with van der Waals surface area (Å²) in [6, 6.07) is 8.63. The van der Waals surface area contributed by atoms with E-state index >= 15 is 0 Å². The van der Waals surface area contributed by atoms with Crippen LogP contribution >= 0.6 is 23.2 Å². The van der Waals surface area contributed by atoms with Gasteiger partial charge in [-0.2, -0.15) is 21.6 Å². The molecule has 30 heavy (non-hydrogen) atoms. The van der Waals surface area contributed by atoms with Gasteiger partial charge >= 0.3 is 21.6 Å². The zero-order valence-electron chi connectivity index (χ0n) is 14.9. The molecule has 3 aromatic rings. The second kappa shape index (κ2) is 8.01. The fourth-order valence-electron chi connectivity index (χ4n) is 2.60. The largest absolute Gasteiger partial charge is 0.534 e. The maximum Gasteiger partial charge on any atom is 0.534 e. The maximum absolute atomic E-state index is 12.9. The van der Waals surface area contributed by atoms with Crippen LogP contribution in [0.15, 0.2) is 40.8 Å². The van der Waals surface area contributed by atoms with Crippen molar-refractivity contribution >= 4 is 50.3 Å². The molecular formula is C18H11Cl2F3O6S. The van der Waals surface area contributed by atoms with Crippen molar-refractivity contribution in [2.45, 2.75) is 12.4 Å². The van der Waals surface area contributed by atoms with Crippen molar-refractivity contribution in [2.24, 2.45) is 0 Å². The van der Waals surface area contributed by atoms with E-state index in [0.29, 0.717) is 5.56 Å². The average Bonchev–Trinajstić information content (AvgIpc) is 2.98. The van der Waals surface area contributed by atoms with Crippen LogP contribution in [0.25, 0.3) is 22.1 Å². The van der Waals surface area contributed by atoms with E-state index in [4.69, 9.17) is 32.4 Å². The van der Waals surface area contributed by atoms with Crippen LogP contribution < -0.4 is 4.18 Å². The van der Waals surface area contributed by atoms with Crippen molar-refractivity contribution in [1.29, 1.82) is 0 Å². The minimum absolute atomic E-state index is 0.119. The molecule has 0 aliphatic rings. The summed E-state index contributed by atoms with van der Waals surface area (Å²) < 4.78 is 76.1. The first-order valence-corrected chi connectivity index (χ1v) is 10.3. The zero-order chi connectivity index (χ0) is 22.3. The molecule has 0 N–H and O–H groups in total. The molecule has 12 heteroatoms. The number of esters is 1. The molecule has 0 unspecified atom stereocenters. The predicted octanol–water partition coefficient (Wildman–Crippen LogP) is 5.81. The van der Waals surface area contributed by atoms with Gasteiger partial charge in [0.25, 0.3) is 5.76 Å². The van der Waals surface area contributed by atoms with Gasteiger partial charge in [-0.05, 0) is 36.8 Å². The van der Waals surface area contributed by atoms with E-state index in [2.05, 4.69) is 4.18 Å². The molecule has 6 nitrogen and oxygen atoms in total. The molecule has 0 bridgehead atoms. The second-order valence-electron chi connectivity index (χ2n) is 5.80. The number of furan rings is 1. The first-order chi connectivity index (χ1) is 13.9. The molecule has 160 valence electrons. The molecule has 0 amide bonds. The number of fused-ring (bicyclic) bond motifs is 1. The minimum Gasteiger partial charge on any atom is -0.460 e. The van der Waals surface area contributed by atoms with Crippen LogP contribution in [0, 0.1) is 0 Å². The Hall–Kier alpha value is -2.43. The van der Waals surface area contributed by atoms with Gasteiger partial charge in [0.2, 0.25) is 5.75 Å². The minimum atomic E-state index is -6.08. The topological polar surface area (TPSA) is 82.8 Å². The number of carbonyl (C=O) groups excluding carboxylic acids is 1. The molecular weight excluding hydrogens is 472 g/mol. The number of rotatable bonds is 5. The second-order valence-corrected chi connectivity index (χ2v) is 8.22. The Bertz CT molecular complexity index is 1210. The summed E-state index contributed by atoms with van der Waals surface area (Å²) >= 11 is 12.0.